The number of fused-ring (bicyclic) bond motifs is 1. The summed E-state index contributed by atoms with van der Waals surface area (Å²) in [6, 6.07) is 18.3. The molecule has 1 atom stereocenters. The van der Waals surface area contributed by atoms with Gasteiger partial charge in [0.2, 0.25) is 5.95 Å². The number of carbonyl (C=O) groups is 1. The molecule has 3 aromatic carbocycles. The Morgan fingerprint density at radius 3 is 2.62 bits per heavy atom. The molecule has 1 unspecified atom stereocenters. The van der Waals surface area contributed by atoms with Crippen molar-refractivity contribution in [1.29, 1.82) is 0 Å². The van der Waals surface area contributed by atoms with Gasteiger partial charge in [-0.05, 0) is 61.4 Å². The van der Waals surface area contributed by atoms with E-state index < -0.39 is 6.04 Å². The number of benzene rings is 3. The van der Waals surface area contributed by atoms with E-state index >= 15 is 0 Å². The van der Waals surface area contributed by atoms with Crippen LogP contribution in [-0.2, 0) is 11.4 Å². The number of hydrogen-bond acceptors (Lipinski definition) is 7. The molecular weight excluding hydrogens is 501 g/mol. The first-order chi connectivity index (χ1) is 19.0. The number of amides is 1. The fourth-order valence-corrected chi connectivity index (χ4v) is 4.45. The lowest BCUT2D eigenvalue weighted by Crippen LogP contribution is -2.31. The maximum absolute atomic E-state index is 13.7. The Labute approximate surface area is 225 Å². The van der Waals surface area contributed by atoms with Gasteiger partial charge in [0.05, 0.1) is 25.0 Å². The molecule has 0 aliphatic carbocycles. The van der Waals surface area contributed by atoms with Crippen molar-refractivity contribution in [1.82, 2.24) is 14.8 Å². The fourth-order valence-electron chi connectivity index (χ4n) is 4.45. The zero-order chi connectivity index (χ0) is 27.4. The van der Waals surface area contributed by atoms with Gasteiger partial charge in [-0.25, -0.2) is 9.07 Å². The van der Waals surface area contributed by atoms with Crippen molar-refractivity contribution in [2.24, 2.45) is 0 Å². The highest BCUT2D eigenvalue weighted by Crippen LogP contribution is 2.39. The molecule has 0 spiro atoms. The van der Waals surface area contributed by atoms with E-state index in [0.717, 1.165) is 11.1 Å². The maximum Gasteiger partial charge on any atom is 0.255 e. The summed E-state index contributed by atoms with van der Waals surface area (Å²) in [5.41, 5.74) is 3.23. The number of carbonyl (C=O) groups excluding carboxylic acids is 1. The summed E-state index contributed by atoms with van der Waals surface area (Å²) in [6.45, 7) is 4.36. The molecular formula is C29H28FN5O4. The third kappa shape index (κ3) is 5.40. The van der Waals surface area contributed by atoms with Gasteiger partial charge in [0.25, 0.3) is 5.91 Å². The Balaban J connectivity index is 1.49. The molecule has 1 amide bonds. The van der Waals surface area contributed by atoms with Gasteiger partial charge in [-0.2, -0.15) is 10.1 Å². The van der Waals surface area contributed by atoms with Crippen molar-refractivity contribution in [3.63, 3.8) is 0 Å². The van der Waals surface area contributed by atoms with Gasteiger partial charge >= 0.3 is 0 Å². The van der Waals surface area contributed by atoms with Crippen LogP contribution in [0.5, 0.6) is 17.2 Å². The van der Waals surface area contributed by atoms with Crippen LogP contribution in [0.4, 0.5) is 16.0 Å². The van der Waals surface area contributed by atoms with Crippen LogP contribution in [0.15, 0.2) is 84.3 Å². The first-order valence-electron chi connectivity index (χ1n) is 12.4. The summed E-state index contributed by atoms with van der Waals surface area (Å²) in [5, 5.41) is 10.5. The summed E-state index contributed by atoms with van der Waals surface area (Å²) < 4.78 is 32.3. The molecule has 1 aromatic heterocycles. The molecule has 0 bridgehead atoms. The van der Waals surface area contributed by atoms with E-state index in [1.54, 1.807) is 42.1 Å². The van der Waals surface area contributed by atoms with E-state index in [1.165, 1.54) is 18.5 Å². The molecule has 0 saturated heterocycles. The summed E-state index contributed by atoms with van der Waals surface area (Å²) in [4.78, 5) is 18.0. The summed E-state index contributed by atoms with van der Waals surface area (Å²) in [5.74, 6) is 1.48. The average Bonchev–Trinajstić information content (AvgIpc) is 3.41. The monoisotopic (exact) mass is 529 g/mol. The molecule has 1 aliphatic heterocycles. The smallest absolute Gasteiger partial charge is 0.255 e. The minimum Gasteiger partial charge on any atom is -0.495 e. The molecule has 1 aliphatic rings. The number of rotatable bonds is 9. The number of nitrogens with one attached hydrogen (secondary N) is 2. The van der Waals surface area contributed by atoms with Crippen LogP contribution < -0.4 is 24.8 Å². The van der Waals surface area contributed by atoms with Gasteiger partial charge in [0.1, 0.15) is 30.5 Å². The number of allylic oxidation sites excluding steroid dienone is 1. The van der Waals surface area contributed by atoms with Gasteiger partial charge in [-0.3, -0.25) is 4.79 Å². The summed E-state index contributed by atoms with van der Waals surface area (Å²) >= 11 is 0. The Morgan fingerprint density at radius 2 is 1.85 bits per heavy atom. The fraction of sp³-hybridized carbons (Fsp3) is 0.207. The molecule has 10 heteroatoms. The molecule has 0 saturated carbocycles. The van der Waals surface area contributed by atoms with Crippen LogP contribution in [-0.4, -0.2) is 34.4 Å². The van der Waals surface area contributed by atoms with Crippen molar-refractivity contribution < 1.29 is 23.4 Å². The normalized spacial score (nSPS) is 14.3. The first kappa shape index (κ1) is 25.8. The maximum atomic E-state index is 13.7. The minimum atomic E-state index is -0.594. The van der Waals surface area contributed by atoms with Crippen molar-refractivity contribution in [3.8, 4) is 17.2 Å². The van der Waals surface area contributed by atoms with Gasteiger partial charge in [-0.1, -0.05) is 30.3 Å². The van der Waals surface area contributed by atoms with Crippen LogP contribution in [0.2, 0.25) is 0 Å². The van der Waals surface area contributed by atoms with Crippen molar-refractivity contribution >= 4 is 17.5 Å². The summed E-state index contributed by atoms with van der Waals surface area (Å²) in [6.07, 6.45) is 1.44. The van der Waals surface area contributed by atoms with Crippen molar-refractivity contribution in [2.45, 2.75) is 26.5 Å². The van der Waals surface area contributed by atoms with E-state index in [-0.39, 0.29) is 18.3 Å². The molecule has 9 nitrogen and oxygen atoms in total. The average molecular weight is 530 g/mol. The number of para-hydroxylation sites is 2. The quantitative estimate of drug-likeness (QED) is 0.302. The van der Waals surface area contributed by atoms with Gasteiger partial charge in [0.15, 0.2) is 11.5 Å². The molecule has 2 heterocycles. The Hall–Kier alpha value is -4.86. The number of halogens is 1. The topological polar surface area (TPSA) is 99.5 Å². The number of nitrogens with zero attached hydrogens (tertiary/aromatic N) is 3. The molecule has 0 radical (unpaired) electrons. The second kappa shape index (κ2) is 11.3. The highest BCUT2D eigenvalue weighted by atomic mass is 19.1. The van der Waals surface area contributed by atoms with Gasteiger partial charge in [-0.15, -0.1) is 0 Å². The Bertz CT molecular complexity index is 1520. The number of methoxy groups -OCH3 is 1. The van der Waals surface area contributed by atoms with Gasteiger partial charge < -0.3 is 24.8 Å². The number of aromatic nitrogens is 3. The van der Waals surface area contributed by atoms with Crippen LogP contribution in [0.25, 0.3) is 0 Å². The predicted octanol–water partition coefficient (Wildman–Crippen LogP) is 5.33. The lowest BCUT2D eigenvalue weighted by molar-refractivity contribution is -0.113. The highest BCUT2D eigenvalue weighted by molar-refractivity contribution is 6.06. The second-order valence-corrected chi connectivity index (χ2v) is 8.80. The SMILES string of the molecule is CCOc1cc(C2C(C(=O)Nc3ccccc3OC)=C(C)Nc3ncnn32)ccc1OCc1ccc(F)cc1. The number of anilines is 2. The molecule has 39 heavy (non-hydrogen) atoms. The summed E-state index contributed by atoms with van der Waals surface area (Å²) in [7, 11) is 1.55. The van der Waals surface area contributed by atoms with Crippen molar-refractivity contribution in [2.75, 3.05) is 24.4 Å². The standard InChI is InChI=1S/C29H28FN5O4/c1-4-38-25-15-20(11-14-24(25)39-16-19-9-12-21(30)13-10-19)27-26(18(2)33-29-31-17-32-35(27)29)28(36)34-22-7-5-6-8-23(22)37-3/h5-15,17,27H,4,16H2,1-3H3,(H,34,36)(H,31,32,33). The Kier molecular flexibility index (Phi) is 7.44. The molecule has 4 aromatic rings. The van der Waals surface area contributed by atoms with Crippen LogP contribution in [0.1, 0.15) is 31.0 Å². The van der Waals surface area contributed by atoms with E-state index in [1.807, 2.05) is 38.1 Å². The van der Waals surface area contributed by atoms with E-state index in [4.69, 9.17) is 14.2 Å². The molecule has 2 N–H and O–H groups in total. The zero-order valence-electron chi connectivity index (χ0n) is 21.8. The largest absolute Gasteiger partial charge is 0.495 e. The van der Waals surface area contributed by atoms with Crippen LogP contribution in [0, 0.1) is 5.82 Å². The van der Waals surface area contributed by atoms with Gasteiger partial charge in [0, 0.05) is 5.70 Å². The third-order valence-electron chi connectivity index (χ3n) is 6.29. The number of ether oxygens (including phenoxy) is 3. The molecule has 0 fully saturated rings. The molecule has 5 rings (SSSR count). The lowest BCUT2D eigenvalue weighted by Gasteiger charge is -2.29. The predicted molar refractivity (Wildman–Crippen MR) is 144 cm³/mol. The van der Waals surface area contributed by atoms with E-state index in [9.17, 15) is 9.18 Å². The minimum absolute atomic E-state index is 0.242. The second-order valence-electron chi connectivity index (χ2n) is 8.80. The first-order valence-corrected chi connectivity index (χ1v) is 12.4. The van der Waals surface area contributed by atoms with Crippen molar-refractivity contribution in [3.05, 3.63) is 101 Å². The highest BCUT2D eigenvalue weighted by Gasteiger charge is 2.34. The molecule has 200 valence electrons. The van der Waals surface area contributed by atoms with Crippen LogP contribution in [0.3, 0.4) is 0 Å². The lowest BCUT2D eigenvalue weighted by atomic mass is 9.94. The number of hydrogen-bond donors (Lipinski definition) is 2. The Morgan fingerprint density at radius 1 is 1.05 bits per heavy atom. The van der Waals surface area contributed by atoms with E-state index in [2.05, 4.69) is 20.7 Å². The third-order valence-corrected chi connectivity index (χ3v) is 6.29. The zero-order valence-corrected chi connectivity index (χ0v) is 21.8. The van der Waals surface area contributed by atoms with E-state index in [0.29, 0.717) is 46.8 Å². The van der Waals surface area contributed by atoms with Crippen LogP contribution >= 0.6 is 0 Å².